The minimum Gasteiger partial charge on any atom is -0.634 e. The average molecular weight is 89.1 g/mol. The summed E-state index contributed by atoms with van der Waals surface area (Å²) in [7, 11) is 0. The molecule has 0 atom stereocenters. The van der Waals surface area contributed by atoms with Crippen molar-refractivity contribution in [3.63, 3.8) is 0 Å². The van der Waals surface area contributed by atoms with Crippen LogP contribution in [-0.4, -0.2) is 13.1 Å². The monoisotopic (exact) mass is 89.1 g/mol. The van der Waals surface area contributed by atoms with Gasteiger partial charge in [0.1, 0.15) is 0 Å². The lowest BCUT2D eigenvalue weighted by atomic mass is 10.6. The second-order valence-electron chi connectivity index (χ2n) is 1.25. The van der Waals surface area contributed by atoms with Crippen LogP contribution >= 0.6 is 0 Å². The van der Waals surface area contributed by atoms with E-state index in [0.717, 1.165) is 0 Å². The highest BCUT2D eigenvalue weighted by atomic mass is 16.5. The lowest BCUT2D eigenvalue weighted by Gasteiger charge is -2.16. The van der Waals surface area contributed by atoms with Crippen LogP contribution in [0.15, 0.2) is 0 Å². The van der Waals surface area contributed by atoms with Crippen LogP contribution in [0.1, 0.15) is 13.8 Å². The molecular weight excluding hydrogens is 78.0 g/mol. The summed E-state index contributed by atoms with van der Waals surface area (Å²) in [6.07, 6.45) is 0. The number of nitrogens with one attached hydrogen (secondary N) is 1. The molecule has 0 fully saturated rings. The van der Waals surface area contributed by atoms with Crippen LogP contribution < -0.4 is 5.06 Å². The fraction of sp³-hybridized carbons (Fsp3) is 1.00. The van der Waals surface area contributed by atoms with Crippen molar-refractivity contribution in [3.8, 4) is 0 Å². The minimum atomic E-state index is 0.343. The normalized spacial score (nSPS) is 10.0. The first-order valence-electron chi connectivity index (χ1n) is 2.33. The number of quaternary nitrogens is 1. The van der Waals surface area contributed by atoms with Gasteiger partial charge in [0.2, 0.25) is 0 Å². The molecule has 0 radical (unpaired) electrons. The molecule has 2 nitrogen and oxygen atoms in total. The van der Waals surface area contributed by atoms with E-state index in [2.05, 4.69) is 0 Å². The Balaban J connectivity index is 2.75. The molecule has 0 aromatic carbocycles. The van der Waals surface area contributed by atoms with E-state index < -0.39 is 0 Å². The van der Waals surface area contributed by atoms with Gasteiger partial charge in [-0.2, -0.15) is 0 Å². The van der Waals surface area contributed by atoms with Crippen LogP contribution in [0.5, 0.6) is 0 Å². The van der Waals surface area contributed by atoms with Gasteiger partial charge in [-0.05, 0) is 13.8 Å². The van der Waals surface area contributed by atoms with Crippen molar-refractivity contribution in [3.05, 3.63) is 5.21 Å². The molecule has 1 N–H and O–H groups in total. The first-order valence-corrected chi connectivity index (χ1v) is 2.33. The fourth-order valence-corrected chi connectivity index (χ4v) is 0.250. The van der Waals surface area contributed by atoms with E-state index in [1.807, 2.05) is 13.8 Å². The number of hydroxylamine groups is 2. The van der Waals surface area contributed by atoms with E-state index >= 15 is 0 Å². The highest BCUT2D eigenvalue weighted by Crippen LogP contribution is 1.38. The maximum atomic E-state index is 10.2. The summed E-state index contributed by atoms with van der Waals surface area (Å²) in [5.41, 5.74) is 0. The summed E-state index contributed by atoms with van der Waals surface area (Å²) in [4.78, 5) is 0. The van der Waals surface area contributed by atoms with Crippen molar-refractivity contribution in [1.29, 1.82) is 0 Å². The molecule has 0 bridgehead atoms. The van der Waals surface area contributed by atoms with Gasteiger partial charge >= 0.3 is 0 Å². The van der Waals surface area contributed by atoms with E-state index in [1.54, 1.807) is 0 Å². The van der Waals surface area contributed by atoms with E-state index in [0.29, 0.717) is 18.2 Å². The first kappa shape index (κ1) is 5.92. The average Bonchev–Trinajstić information content (AvgIpc) is 1.65. The molecule has 0 amide bonds. The highest BCUT2D eigenvalue weighted by Gasteiger charge is 1.78. The zero-order valence-corrected chi connectivity index (χ0v) is 4.32. The second-order valence-corrected chi connectivity index (χ2v) is 1.25. The van der Waals surface area contributed by atoms with E-state index in [9.17, 15) is 5.21 Å². The molecule has 0 aromatic rings. The van der Waals surface area contributed by atoms with E-state index in [-0.39, 0.29) is 0 Å². The molecule has 2 heteroatoms. The predicted molar refractivity (Wildman–Crippen MR) is 25.4 cm³/mol. The molecular formula is C4H11NO. The summed E-state index contributed by atoms with van der Waals surface area (Å²) < 4.78 is 0. The zero-order chi connectivity index (χ0) is 4.99. The summed E-state index contributed by atoms with van der Waals surface area (Å²) in [5, 5.41) is 10.5. The van der Waals surface area contributed by atoms with Gasteiger partial charge in [0.15, 0.2) is 0 Å². The molecule has 0 saturated carbocycles. The van der Waals surface area contributed by atoms with Crippen molar-refractivity contribution in [2.45, 2.75) is 13.8 Å². The van der Waals surface area contributed by atoms with Crippen molar-refractivity contribution in [2.75, 3.05) is 13.1 Å². The van der Waals surface area contributed by atoms with Crippen LogP contribution in [0.25, 0.3) is 0 Å². The summed E-state index contributed by atoms with van der Waals surface area (Å²) in [6, 6.07) is 0. The van der Waals surface area contributed by atoms with Gasteiger partial charge in [0.25, 0.3) is 0 Å². The molecule has 0 aliphatic rings. The largest absolute Gasteiger partial charge is 0.634 e. The topological polar surface area (TPSA) is 27.5 Å². The van der Waals surface area contributed by atoms with Crippen LogP contribution in [0, 0.1) is 5.21 Å². The Morgan fingerprint density at radius 3 is 1.67 bits per heavy atom. The molecule has 0 heterocycles. The highest BCUT2D eigenvalue weighted by molar-refractivity contribution is 4.11. The number of rotatable bonds is 2. The van der Waals surface area contributed by atoms with Crippen LogP contribution in [0.4, 0.5) is 0 Å². The Morgan fingerprint density at radius 1 is 1.33 bits per heavy atom. The Kier molecular flexibility index (Phi) is 3.08. The van der Waals surface area contributed by atoms with Crippen molar-refractivity contribution < 1.29 is 5.06 Å². The Bertz CT molecular complexity index is 26.7. The lowest BCUT2D eigenvalue weighted by molar-refractivity contribution is -0.843. The summed E-state index contributed by atoms with van der Waals surface area (Å²) in [6.45, 7) is 5.14. The van der Waals surface area contributed by atoms with E-state index in [1.165, 1.54) is 0 Å². The second kappa shape index (κ2) is 3.12. The summed E-state index contributed by atoms with van der Waals surface area (Å²) in [5.74, 6) is 0. The predicted octanol–water partition coefficient (Wildman–Crippen LogP) is -0.591. The van der Waals surface area contributed by atoms with Gasteiger partial charge in [-0.15, -0.1) is 0 Å². The van der Waals surface area contributed by atoms with Crippen molar-refractivity contribution >= 4 is 0 Å². The molecule has 0 aliphatic carbocycles. The lowest BCUT2D eigenvalue weighted by Crippen LogP contribution is -3.06. The third kappa shape index (κ3) is 2.18. The molecule has 0 spiro atoms. The van der Waals surface area contributed by atoms with Crippen LogP contribution in [0.3, 0.4) is 0 Å². The van der Waals surface area contributed by atoms with Crippen molar-refractivity contribution in [2.24, 2.45) is 0 Å². The van der Waals surface area contributed by atoms with Crippen LogP contribution in [-0.2, 0) is 0 Å². The molecule has 0 saturated heterocycles. The maximum Gasteiger partial charge on any atom is 0.0739 e. The smallest absolute Gasteiger partial charge is 0.0739 e. The van der Waals surface area contributed by atoms with Gasteiger partial charge in [-0.1, -0.05) is 0 Å². The molecule has 0 aliphatic heterocycles. The minimum absolute atomic E-state index is 0.343. The number of hydrogen-bond donors (Lipinski definition) is 1. The molecule has 6 heavy (non-hydrogen) atoms. The summed E-state index contributed by atoms with van der Waals surface area (Å²) >= 11 is 0. The number of hydrogen-bond acceptors (Lipinski definition) is 1. The standard InChI is InChI=1S/C4H11NO/c1-3-5(6)4-2/h5H,3-4H2,1-2H3. The van der Waals surface area contributed by atoms with Gasteiger partial charge in [0.05, 0.1) is 13.1 Å². The van der Waals surface area contributed by atoms with Crippen molar-refractivity contribution in [1.82, 2.24) is 0 Å². The molecule has 38 valence electrons. The zero-order valence-electron chi connectivity index (χ0n) is 4.32. The molecule has 0 aromatic heterocycles. The molecule has 0 rings (SSSR count). The first-order chi connectivity index (χ1) is 2.81. The van der Waals surface area contributed by atoms with Gasteiger partial charge < -0.3 is 10.3 Å². The quantitative estimate of drug-likeness (QED) is 0.450. The van der Waals surface area contributed by atoms with Gasteiger partial charge in [-0.25, -0.2) is 0 Å². The molecule has 0 unspecified atom stereocenters. The van der Waals surface area contributed by atoms with E-state index in [4.69, 9.17) is 0 Å². The fourth-order valence-electron chi connectivity index (χ4n) is 0.250. The van der Waals surface area contributed by atoms with Gasteiger partial charge in [-0.3, -0.25) is 0 Å². The Labute approximate surface area is 38.3 Å². The SMILES string of the molecule is CC[NH+]([O-])CC. The van der Waals surface area contributed by atoms with Gasteiger partial charge in [0, 0.05) is 0 Å². The Morgan fingerprint density at radius 2 is 1.67 bits per heavy atom. The van der Waals surface area contributed by atoms with Crippen LogP contribution in [0.2, 0.25) is 0 Å². The maximum absolute atomic E-state index is 10.2. The third-order valence-corrected chi connectivity index (χ3v) is 0.789. The Hall–Kier alpha value is -0.0800. The third-order valence-electron chi connectivity index (χ3n) is 0.789.